The number of ether oxygens (including phenoxy) is 2. The highest BCUT2D eigenvalue weighted by Gasteiger charge is 2.48. The summed E-state index contributed by atoms with van der Waals surface area (Å²) in [5, 5.41) is 0. The number of allylic oxidation sites excluding steroid dienone is 1. The Labute approximate surface area is 155 Å². The third kappa shape index (κ3) is 3.53. The quantitative estimate of drug-likeness (QED) is 0.720. The molecule has 138 valence electrons. The molecule has 1 saturated heterocycles. The van der Waals surface area contributed by atoms with Crippen LogP contribution >= 0.6 is 0 Å². The van der Waals surface area contributed by atoms with E-state index in [2.05, 4.69) is 62.4 Å². The average molecular weight is 353 g/mol. The number of rotatable bonds is 0. The van der Waals surface area contributed by atoms with E-state index in [0.29, 0.717) is 13.2 Å². The van der Waals surface area contributed by atoms with E-state index in [4.69, 9.17) is 14.3 Å². The van der Waals surface area contributed by atoms with Gasteiger partial charge in [-0.05, 0) is 47.9 Å². The second-order valence-electron chi connectivity index (χ2n) is 8.52. The van der Waals surface area contributed by atoms with Crippen molar-refractivity contribution in [3.05, 3.63) is 47.2 Å². The van der Waals surface area contributed by atoms with Gasteiger partial charge in [-0.15, -0.1) is 0 Å². The van der Waals surface area contributed by atoms with E-state index < -0.39 is 0 Å². The standard InChI is InChI=1S/C22H27NO3/c1-20(2,3)18-6-4-5-17(15-18)7-8-19-16-21(26-23-19)9-11-22(12-10-21)24-13-14-25-22/h4-6,15-16,23H,9-14H2,1-3H3. The summed E-state index contributed by atoms with van der Waals surface area (Å²) in [6.45, 7) is 8.04. The molecule has 0 unspecified atom stereocenters. The van der Waals surface area contributed by atoms with E-state index in [9.17, 15) is 0 Å². The molecular formula is C22H27NO3. The number of benzene rings is 1. The zero-order valence-corrected chi connectivity index (χ0v) is 15.9. The maximum absolute atomic E-state index is 5.91. The molecule has 1 aliphatic carbocycles. The molecule has 3 aliphatic rings. The highest BCUT2D eigenvalue weighted by Crippen LogP contribution is 2.43. The first-order valence-electron chi connectivity index (χ1n) is 9.46. The molecule has 2 heterocycles. The summed E-state index contributed by atoms with van der Waals surface area (Å²) in [4.78, 5) is 5.91. The predicted molar refractivity (Wildman–Crippen MR) is 100 cm³/mol. The van der Waals surface area contributed by atoms with Crippen LogP contribution in [0.3, 0.4) is 0 Å². The van der Waals surface area contributed by atoms with E-state index in [-0.39, 0.29) is 16.8 Å². The van der Waals surface area contributed by atoms with Crippen LogP contribution in [0.15, 0.2) is 36.0 Å². The second-order valence-corrected chi connectivity index (χ2v) is 8.52. The lowest BCUT2D eigenvalue weighted by molar-refractivity contribution is -0.205. The van der Waals surface area contributed by atoms with Gasteiger partial charge in [0, 0.05) is 18.4 Å². The summed E-state index contributed by atoms with van der Waals surface area (Å²) in [7, 11) is 0. The van der Waals surface area contributed by atoms with Crippen LogP contribution in [0.5, 0.6) is 0 Å². The zero-order chi connectivity index (χ0) is 18.3. The Morgan fingerprint density at radius 1 is 1.00 bits per heavy atom. The average Bonchev–Trinajstić information content (AvgIpc) is 3.24. The molecule has 2 fully saturated rings. The molecular weight excluding hydrogens is 326 g/mol. The Balaban J connectivity index is 1.46. The number of hydroxylamine groups is 1. The molecule has 1 aromatic rings. The van der Waals surface area contributed by atoms with Crippen LogP contribution in [-0.4, -0.2) is 24.6 Å². The molecule has 2 aliphatic heterocycles. The van der Waals surface area contributed by atoms with Crippen LogP contribution in [0.1, 0.15) is 57.6 Å². The minimum Gasteiger partial charge on any atom is -0.348 e. The van der Waals surface area contributed by atoms with E-state index in [1.165, 1.54) is 5.56 Å². The summed E-state index contributed by atoms with van der Waals surface area (Å²) < 4.78 is 11.6. The summed E-state index contributed by atoms with van der Waals surface area (Å²) in [5.74, 6) is 6.11. The summed E-state index contributed by atoms with van der Waals surface area (Å²) in [6.07, 6.45) is 5.61. The van der Waals surface area contributed by atoms with Crippen LogP contribution in [0.2, 0.25) is 0 Å². The number of hydrogen-bond donors (Lipinski definition) is 1. The molecule has 0 amide bonds. The maximum Gasteiger partial charge on any atom is 0.168 e. The van der Waals surface area contributed by atoms with Gasteiger partial charge in [0.2, 0.25) is 0 Å². The van der Waals surface area contributed by atoms with Gasteiger partial charge in [0.1, 0.15) is 11.3 Å². The van der Waals surface area contributed by atoms with Gasteiger partial charge in [-0.25, -0.2) is 0 Å². The van der Waals surface area contributed by atoms with E-state index in [1.807, 2.05) is 6.07 Å². The smallest absolute Gasteiger partial charge is 0.168 e. The third-order valence-corrected chi connectivity index (χ3v) is 5.51. The second kappa shape index (κ2) is 6.42. The van der Waals surface area contributed by atoms with Crippen molar-refractivity contribution in [2.75, 3.05) is 13.2 Å². The first-order valence-corrected chi connectivity index (χ1v) is 9.46. The molecule has 0 bridgehead atoms. The van der Waals surface area contributed by atoms with Crippen molar-refractivity contribution in [1.82, 2.24) is 5.48 Å². The van der Waals surface area contributed by atoms with Gasteiger partial charge in [-0.1, -0.05) is 38.8 Å². The maximum atomic E-state index is 5.91. The lowest BCUT2D eigenvalue weighted by Gasteiger charge is -2.39. The van der Waals surface area contributed by atoms with Crippen molar-refractivity contribution in [2.45, 2.75) is 63.3 Å². The fourth-order valence-corrected chi connectivity index (χ4v) is 3.83. The fraction of sp³-hybridized carbons (Fsp3) is 0.545. The molecule has 4 heteroatoms. The van der Waals surface area contributed by atoms with Crippen molar-refractivity contribution >= 4 is 0 Å². The highest BCUT2D eigenvalue weighted by atomic mass is 16.7. The van der Waals surface area contributed by atoms with Crippen LogP contribution in [0, 0.1) is 11.8 Å². The molecule has 0 radical (unpaired) electrons. The highest BCUT2D eigenvalue weighted by molar-refractivity contribution is 5.44. The molecule has 26 heavy (non-hydrogen) atoms. The number of hydrogen-bond acceptors (Lipinski definition) is 4. The van der Waals surface area contributed by atoms with Gasteiger partial charge in [0.15, 0.2) is 5.79 Å². The van der Waals surface area contributed by atoms with Crippen molar-refractivity contribution in [1.29, 1.82) is 0 Å². The minimum absolute atomic E-state index is 0.123. The van der Waals surface area contributed by atoms with Crippen LogP contribution < -0.4 is 5.48 Å². The monoisotopic (exact) mass is 353 g/mol. The molecule has 1 saturated carbocycles. The first-order chi connectivity index (χ1) is 12.4. The molecule has 1 aromatic carbocycles. The van der Waals surface area contributed by atoms with Crippen molar-refractivity contribution < 1.29 is 14.3 Å². The summed E-state index contributed by atoms with van der Waals surface area (Å²) >= 11 is 0. The van der Waals surface area contributed by atoms with Gasteiger partial charge < -0.3 is 9.47 Å². The van der Waals surface area contributed by atoms with Gasteiger partial charge >= 0.3 is 0 Å². The zero-order valence-electron chi connectivity index (χ0n) is 15.9. The fourth-order valence-electron chi connectivity index (χ4n) is 3.83. The summed E-state index contributed by atoms with van der Waals surface area (Å²) in [6, 6.07) is 8.44. The lowest BCUT2D eigenvalue weighted by atomic mass is 9.81. The Morgan fingerprint density at radius 3 is 2.42 bits per heavy atom. The van der Waals surface area contributed by atoms with Crippen molar-refractivity contribution in [3.8, 4) is 11.8 Å². The Bertz CT molecular complexity index is 763. The van der Waals surface area contributed by atoms with Crippen molar-refractivity contribution in [2.24, 2.45) is 0 Å². The Morgan fingerprint density at radius 2 is 1.73 bits per heavy atom. The molecule has 0 aromatic heterocycles. The van der Waals surface area contributed by atoms with E-state index in [0.717, 1.165) is 36.9 Å². The molecule has 0 atom stereocenters. The van der Waals surface area contributed by atoms with Crippen molar-refractivity contribution in [3.63, 3.8) is 0 Å². The van der Waals surface area contributed by atoms with Gasteiger partial charge in [0.05, 0.1) is 13.2 Å². The SMILES string of the molecule is CC(C)(C)c1cccc(C#CC2=CC3(CCC4(CC3)OCCO4)ON2)c1. The Kier molecular flexibility index (Phi) is 4.35. The van der Waals surface area contributed by atoms with Crippen LogP contribution in [0.4, 0.5) is 0 Å². The summed E-state index contributed by atoms with van der Waals surface area (Å²) in [5.41, 5.74) is 6.02. The first kappa shape index (κ1) is 17.6. The van der Waals surface area contributed by atoms with E-state index >= 15 is 0 Å². The third-order valence-electron chi connectivity index (χ3n) is 5.51. The van der Waals surface area contributed by atoms with Gasteiger partial charge in [-0.3, -0.25) is 10.3 Å². The van der Waals surface area contributed by atoms with Gasteiger partial charge in [-0.2, -0.15) is 0 Å². The molecule has 2 spiro atoms. The number of nitrogens with one attached hydrogen (secondary N) is 1. The molecule has 1 N–H and O–H groups in total. The minimum atomic E-state index is -0.371. The lowest BCUT2D eigenvalue weighted by Crippen LogP contribution is -2.43. The molecule has 4 nitrogen and oxygen atoms in total. The largest absolute Gasteiger partial charge is 0.348 e. The topological polar surface area (TPSA) is 39.7 Å². The normalized spacial score (nSPS) is 23.4. The predicted octanol–water partition coefficient (Wildman–Crippen LogP) is 3.81. The molecule has 4 rings (SSSR count). The van der Waals surface area contributed by atoms with Gasteiger partial charge in [0.25, 0.3) is 0 Å². The van der Waals surface area contributed by atoms with Crippen LogP contribution in [0.25, 0.3) is 0 Å². The Hall–Kier alpha value is -1.80. The van der Waals surface area contributed by atoms with Crippen LogP contribution in [-0.2, 0) is 19.7 Å². The van der Waals surface area contributed by atoms with E-state index in [1.54, 1.807) is 0 Å².